The molecule has 0 bridgehead atoms. The Labute approximate surface area is 315 Å². The average Bonchev–Trinajstić information content (AvgIpc) is 3.12. The number of anilines is 1. The topological polar surface area (TPSA) is 328 Å². The smallest absolute Gasteiger partial charge is 0.307 e. The summed E-state index contributed by atoms with van der Waals surface area (Å²) >= 11 is 0. The minimum absolute atomic E-state index is 0.0587. The second-order valence-electron chi connectivity index (χ2n) is 12.1. The highest BCUT2D eigenvalue weighted by molar-refractivity contribution is 8.76. The number of carbonyl (C=O) groups is 7. The number of ketones is 2. The number of nitrogens with zero attached hydrogens (tertiary/aromatic N) is 3. The first-order valence-electron chi connectivity index (χ1n) is 16.4. The summed E-state index contributed by atoms with van der Waals surface area (Å²) in [4.78, 5) is 112. The van der Waals surface area contributed by atoms with E-state index in [1.165, 1.54) is 27.8 Å². The SMILES string of the molecule is CSSCC(CC(=O)C(CC(=O)O)NC(=O)C(N)CNC(=O)CCC(CC(=O)c1ccc(CCc2cnc3nc(N)[nH]c(=O)c3n2)cc1)C(=O)O)C(=O)O. The molecule has 3 aromatic rings. The van der Waals surface area contributed by atoms with E-state index < -0.39 is 90.2 Å². The minimum Gasteiger partial charge on any atom is -0.481 e. The molecule has 0 aliphatic heterocycles. The van der Waals surface area contributed by atoms with Crippen molar-refractivity contribution in [1.29, 1.82) is 0 Å². The number of hydrogen-bond acceptors (Lipinski definition) is 15. The Bertz CT molecular complexity index is 1930. The first kappa shape index (κ1) is 43.0. The Kier molecular flexibility index (Phi) is 16.5. The summed E-state index contributed by atoms with van der Waals surface area (Å²) in [5, 5.41) is 32.9. The molecule has 10 N–H and O–H groups in total. The molecular weight excluding hydrogens is 749 g/mol. The van der Waals surface area contributed by atoms with Gasteiger partial charge in [0.15, 0.2) is 22.7 Å². The number of aromatic nitrogens is 4. The lowest BCUT2D eigenvalue weighted by molar-refractivity contribution is -0.144. The normalized spacial score (nSPS) is 13.3. The molecule has 2 amide bonds. The van der Waals surface area contributed by atoms with Crippen LogP contribution in [0.3, 0.4) is 0 Å². The number of aliphatic carboxylic acids is 3. The van der Waals surface area contributed by atoms with Crippen LogP contribution in [0, 0.1) is 11.8 Å². The highest BCUT2D eigenvalue weighted by Crippen LogP contribution is 2.23. The lowest BCUT2D eigenvalue weighted by Gasteiger charge is -2.20. The van der Waals surface area contributed by atoms with E-state index in [2.05, 4.69) is 30.6 Å². The van der Waals surface area contributed by atoms with Gasteiger partial charge in [-0.05, 0) is 31.1 Å². The first-order chi connectivity index (χ1) is 25.6. The van der Waals surface area contributed by atoms with Crippen molar-refractivity contribution in [2.75, 3.05) is 24.3 Å². The second kappa shape index (κ2) is 20.7. The quantitative estimate of drug-likeness (QED) is 0.0470. The third-order valence-corrected chi connectivity index (χ3v) is 9.95. The van der Waals surface area contributed by atoms with Crippen LogP contribution >= 0.6 is 21.6 Å². The summed E-state index contributed by atoms with van der Waals surface area (Å²) in [5.74, 6) is -9.15. The van der Waals surface area contributed by atoms with Gasteiger partial charge in [-0.15, -0.1) is 0 Å². The monoisotopic (exact) mass is 788 g/mol. The number of Topliss-reactive ketones (excluding diaryl/α,β-unsaturated/α-hetero) is 2. The largest absolute Gasteiger partial charge is 0.481 e. The van der Waals surface area contributed by atoms with E-state index in [9.17, 15) is 53.7 Å². The first-order valence-corrected chi connectivity index (χ1v) is 19.1. The van der Waals surface area contributed by atoms with E-state index in [4.69, 9.17) is 11.5 Å². The van der Waals surface area contributed by atoms with Crippen LogP contribution in [-0.2, 0) is 41.6 Å². The number of hydrogen-bond donors (Lipinski definition) is 8. The predicted molar refractivity (Wildman–Crippen MR) is 197 cm³/mol. The summed E-state index contributed by atoms with van der Waals surface area (Å²) in [6.45, 7) is -0.443. The molecule has 1 aromatic carbocycles. The van der Waals surface area contributed by atoms with E-state index in [1.807, 2.05) is 0 Å². The van der Waals surface area contributed by atoms with Crippen LogP contribution in [0.15, 0.2) is 35.3 Å². The zero-order valence-corrected chi connectivity index (χ0v) is 30.6. The van der Waals surface area contributed by atoms with Crippen molar-refractivity contribution in [1.82, 2.24) is 30.6 Å². The molecule has 4 unspecified atom stereocenters. The van der Waals surface area contributed by atoms with Crippen molar-refractivity contribution in [2.24, 2.45) is 17.6 Å². The number of carboxylic acids is 3. The Morgan fingerprint density at radius 3 is 2.24 bits per heavy atom. The Morgan fingerprint density at radius 2 is 1.61 bits per heavy atom. The highest BCUT2D eigenvalue weighted by atomic mass is 33.1. The number of H-pyrrole nitrogens is 1. The molecule has 0 aliphatic rings. The number of aromatic amines is 1. The second-order valence-corrected chi connectivity index (χ2v) is 14.7. The number of nitrogen functional groups attached to an aromatic ring is 1. The Hall–Kier alpha value is -5.41. The fourth-order valence-electron chi connectivity index (χ4n) is 5.04. The molecule has 290 valence electrons. The summed E-state index contributed by atoms with van der Waals surface area (Å²) < 4.78 is 0. The summed E-state index contributed by atoms with van der Waals surface area (Å²) in [7, 11) is 2.50. The molecule has 2 heterocycles. The maximum absolute atomic E-state index is 12.9. The van der Waals surface area contributed by atoms with E-state index in [-0.39, 0.29) is 47.7 Å². The van der Waals surface area contributed by atoms with Crippen molar-refractivity contribution in [3.8, 4) is 0 Å². The highest BCUT2D eigenvalue weighted by Gasteiger charge is 2.30. The van der Waals surface area contributed by atoms with Gasteiger partial charge in [0, 0.05) is 37.1 Å². The Balaban J connectivity index is 1.47. The lowest BCUT2D eigenvalue weighted by Crippen LogP contribution is -2.53. The molecule has 0 fully saturated rings. The third-order valence-electron chi connectivity index (χ3n) is 8.06. The average molecular weight is 789 g/mol. The number of carboxylic acid groups (broad SMARTS) is 3. The zero-order valence-electron chi connectivity index (χ0n) is 29.0. The van der Waals surface area contributed by atoms with Gasteiger partial charge >= 0.3 is 17.9 Å². The van der Waals surface area contributed by atoms with E-state index in [1.54, 1.807) is 30.5 Å². The van der Waals surface area contributed by atoms with Gasteiger partial charge in [0.05, 0.1) is 36.2 Å². The van der Waals surface area contributed by atoms with Gasteiger partial charge in [-0.2, -0.15) is 4.98 Å². The number of aryl methyl sites for hydroxylation is 2. The van der Waals surface area contributed by atoms with E-state index in [0.29, 0.717) is 18.5 Å². The van der Waals surface area contributed by atoms with Gasteiger partial charge in [0.1, 0.15) is 6.04 Å². The molecule has 21 heteroatoms. The van der Waals surface area contributed by atoms with Crippen LogP contribution in [-0.4, -0.2) is 107 Å². The standard InChI is InChI=1S/C33H40N8O11S2/c1-53-54-15-19(32(51)52)11-24(43)22(12-26(45)46)39-29(47)21(34)14-36-25(44)9-7-18(31(49)50)10-23(42)17-5-2-16(3-6-17)4-8-20-13-37-28-27(38-20)30(48)41-33(35)40-28/h2-3,5-6,13,18-19,21-22H,4,7-12,14-15,34H2,1H3,(H,36,44)(H,39,47)(H,45,46)(H,49,50)(H,51,52)(H3,35,37,40,41,48). The van der Waals surface area contributed by atoms with Gasteiger partial charge in [0.25, 0.3) is 5.56 Å². The van der Waals surface area contributed by atoms with Gasteiger partial charge in [-0.1, -0.05) is 45.9 Å². The number of carbonyl (C=O) groups excluding carboxylic acids is 4. The van der Waals surface area contributed by atoms with Gasteiger partial charge in [-0.25, -0.2) is 9.97 Å². The predicted octanol–water partition coefficient (Wildman–Crippen LogP) is 0.209. The molecule has 0 radical (unpaired) electrons. The van der Waals surface area contributed by atoms with Crippen LogP contribution in [0.4, 0.5) is 5.95 Å². The van der Waals surface area contributed by atoms with E-state index in [0.717, 1.165) is 5.56 Å². The minimum atomic E-state index is -1.56. The molecule has 4 atom stereocenters. The van der Waals surface area contributed by atoms with Crippen LogP contribution < -0.4 is 27.7 Å². The summed E-state index contributed by atoms with van der Waals surface area (Å²) in [5.41, 5.74) is 12.7. The van der Waals surface area contributed by atoms with Crippen LogP contribution in [0.25, 0.3) is 11.2 Å². The fourth-order valence-corrected chi connectivity index (χ4v) is 6.50. The van der Waals surface area contributed by atoms with Crippen LogP contribution in [0.1, 0.15) is 53.7 Å². The van der Waals surface area contributed by atoms with Crippen molar-refractivity contribution in [3.63, 3.8) is 0 Å². The fraction of sp³-hybridized carbons (Fsp3) is 0.424. The molecule has 0 spiro atoms. The number of rotatable bonds is 23. The van der Waals surface area contributed by atoms with Crippen LogP contribution in [0.5, 0.6) is 0 Å². The number of nitrogens with one attached hydrogen (secondary N) is 3. The molecule has 2 aromatic heterocycles. The maximum atomic E-state index is 12.9. The molecule has 54 heavy (non-hydrogen) atoms. The van der Waals surface area contributed by atoms with Gasteiger partial charge in [-0.3, -0.25) is 43.3 Å². The number of benzene rings is 1. The molecular formula is C33H40N8O11S2. The summed E-state index contributed by atoms with van der Waals surface area (Å²) in [6.07, 6.45) is 1.89. The molecule has 0 saturated carbocycles. The van der Waals surface area contributed by atoms with Gasteiger partial charge < -0.3 is 37.4 Å². The number of fused-ring (bicyclic) bond motifs is 1. The van der Waals surface area contributed by atoms with E-state index >= 15 is 0 Å². The summed E-state index contributed by atoms with van der Waals surface area (Å²) in [6, 6.07) is 3.55. The Morgan fingerprint density at radius 1 is 0.926 bits per heavy atom. The van der Waals surface area contributed by atoms with Gasteiger partial charge in [0.2, 0.25) is 17.8 Å². The number of nitrogens with two attached hydrogens (primary N) is 2. The third kappa shape index (κ3) is 13.5. The molecule has 19 nitrogen and oxygen atoms in total. The van der Waals surface area contributed by atoms with Crippen molar-refractivity contribution in [3.05, 3.63) is 57.6 Å². The van der Waals surface area contributed by atoms with Crippen molar-refractivity contribution >= 4 is 80.0 Å². The van der Waals surface area contributed by atoms with Crippen LogP contribution in [0.2, 0.25) is 0 Å². The number of amides is 2. The van der Waals surface area contributed by atoms with Crippen molar-refractivity contribution < 1.29 is 48.9 Å². The molecule has 0 saturated heterocycles. The maximum Gasteiger partial charge on any atom is 0.307 e. The molecule has 3 rings (SSSR count). The molecule has 0 aliphatic carbocycles. The van der Waals surface area contributed by atoms with Crippen molar-refractivity contribution in [2.45, 2.75) is 57.0 Å². The lowest BCUT2D eigenvalue weighted by atomic mass is 9.93. The zero-order chi connectivity index (χ0) is 39.9.